The molecule has 1 aromatic carbocycles. The van der Waals surface area contributed by atoms with Crippen LogP contribution in [0.2, 0.25) is 0 Å². The third kappa shape index (κ3) is 6.20. The predicted molar refractivity (Wildman–Crippen MR) is 127 cm³/mol. The van der Waals surface area contributed by atoms with E-state index < -0.39 is 15.6 Å². The van der Waals surface area contributed by atoms with Gasteiger partial charge in [0.2, 0.25) is 10.0 Å². The number of halogens is 1. The van der Waals surface area contributed by atoms with Gasteiger partial charge in [-0.1, -0.05) is 6.07 Å². The SMILES string of the molecule is CC(C)(C)OC(=O)N1CC2CC(Oc3ccc(CN4CCN(S(C)(=O)=O)CC4)cc3F)CC2C1. The molecule has 1 amide bonds. The van der Waals surface area contributed by atoms with Gasteiger partial charge in [-0.15, -0.1) is 0 Å². The number of likely N-dealkylation sites (tertiary alicyclic amines) is 1. The first-order chi connectivity index (χ1) is 15.9. The second-order valence-corrected chi connectivity index (χ2v) is 12.8. The summed E-state index contributed by atoms with van der Waals surface area (Å²) >= 11 is 0. The van der Waals surface area contributed by atoms with Crippen LogP contribution in [0.5, 0.6) is 5.75 Å². The van der Waals surface area contributed by atoms with E-state index in [4.69, 9.17) is 9.47 Å². The lowest BCUT2D eigenvalue weighted by molar-refractivity contribution is 0.0272. The summed E-state index contributed by atoms with van der Waals surface area (Å²) in [5.41, 5.74) is 0.336. The highest BCUT2D eigenvalue weighted by atomic mass is 32.2. The number of fused-ring (bicyclic) bond motifs is 1. The summed E-state index contributed by atoms with van der Waals surface area (Å²) in [5.74, 6) is 0.593. The van der Waals surface area contributed by atoms with Crippen LogP contribution >= 0.6 is 0 Å². The predicted octanol–water partition coefficient (Wildman–Crippen LogP) is 2.93. The van der Waals surface area contributed by atoms with Crippen LogP contribution < -0.4 is 4.74 Å². The number of hydrogen-bond donors (Lipinski definition) is 0. The first kappa shape index (κ1) is 25.2. The normalized spacial score (nSPS) is 26.5. The Morgan fingerprint density at radius 2 is 1.71 bits per heavy atom. The average molecular weight is 498 g/mol. The number of rotatable bonds is 5. The number of amides is 1. The van der Waals surface area contributed by atoms with Crippen molar-refractivity contribution in [1.82, 2.24) is 14.1 Å². The van der Waals surface area contributed by atoms with Gasteiger partial charge in [-0.25, -0.2) is 17.6 Å². The van der Waals surface area contributed by atoms with Crippen LogP contribution in [0.15, 0.2) is 18.2 Å². The molecule has 2 unspecified atom stereocenters. The Bertz CT molecular complexity index is 990. The fourth-order valence-electron chi connectivity index (χ4n) is 5.21. The van der Waals surface area contributed by atoms with Crippen LogP contribution in [0.25, 0.3) is 0 Å². The topological polar surface area (TPSA) is 79.4 Å². The number of benzene rings is 1. The maximum Gasteiger partial charge on any atom is 0.410 e. The molecule has 3 aliphatic rings. The molecule has 1 saturated carbocycles. The minimum Gasteiger partial charge on any atom is -0.487 e. The summed E-state index contributed by atoms with van der Waals surface area (Å²) < 4.78 is 51.1. The summed E-state index contributed by atoms with van der Waals surface area (Å²) in [7, 11) is -3.16. The van der Waals surface area contributed by atoms with Gasteiger partial charge in [0, 0.05) is 45.8 Å². The standard InChI is InChI=1S/C24H36FN3O5S/c1-24(2,3)33-23(29)27-15-18-12-20(13-19(18)16-27)32-22-6-5-17(11-21(22)25)14-26-7-9-28(10-8-26)34(4,30)31/h5-6,11,18-20H,7-10,12-16H2,1-4H3. The molecule has 0 radical (unpaired) electrons. The monoisotopic (exact) mass is 497 g/mol. The number of ether oxygens (including phenoxy) is 2. The Morgan fingerprint density at radius 3 is 2.24 bits per heavy atom. The second-order valence-electron chi connectivity index (χ2n) is 10.8. The number of nitrogens with zero attached hydrogens (tertiary/aromatic N) is 3. The van der Waals surface area contributed by atoms with E-state index in [1.54, 1.807) is 11.0 Å². The van der Waals surface area contributed by atoms with Gasteiger partial charge in [0.15, 0.2) is 11.6 Å². The van der Waals surface area contributed by atoms with Gasteiger partial charge >= 0.3 is 6.09 Å². The van der Waals surface area contributed by atoms with Crippen LogP contribution in [-0.2, 0) is 21.3 Å². The average Bonchev–Trinajstić information content (AvgIpc) is 3.27. The molecule has 2 atom stereocenters. The minimum absolute atomic E-state index is 0.0554. The number of piperazine rings is 1. The van der Waals surface area contributed by atoms with Crippen LogP contribution in [0, 0.1) is 17.7 Å². The molecule has 2 heterocycles. The summed E-state index contributed by atoms with van der Waals surface area (Å²) in [6, 6.07) is 5.08. The van der Waals surface area contributed by atoms with E-state index in [1.165, 1.54) is 16.6 Å². The van der Waals surface area contributed by atoms with E-state index in [0.717, 1.165) is 18.4 Å². The molecule has 10 heteroatoms. The molecule has 0 bridgehead atoms. The van der Waals surface area contributed by atoms with Crippen molar-refractivity contribution in [3.63, 3.8) is 0 Å². The number of carbonyl (C=O) groups excluding carboxylic acids is 1. The molecule has 34 heavy (non-hydrogen) atoms. The number of sulfonamides is 1. The molecule has 2 aliphatic heterocycles. The zero-order valence-electron chi connectivity index (χ0n) is 20.5. The van der Waals surface area contributed by atoms with E-state index >= 15 is 0 Å². The smallest absolute Gasteiger partial charge is 0.410 e. The quantitative estimate of drug-likeness (QED) is 0.623. The van der Waals surface area contributed by atoms with Gasteiger partial charge in [-0.3, -0.25) is 4.90 Å². The van der Waals surface area contributed by atoms with Gasteiger partial charge in [0.1, 0.15) is 5.60 Å². The third-order valence-electron chi connectivity index (χ3n) is 6.86. The summed E-state index contributed by atoms with van der Waals surface area (Å²) in [6.07, 6.45) is 2.51. The molecular weight excluding hydrogens is 461 g/mol. The molecule has 2 saturated heterocycles. The fraction of sp³-hybridized carbons (Fsp3) is 0.708. The molecule has 3 fully saturated rings. The summed E-state index contributed by atoms with van der Waals surface area (Å²) in [6.45, 7) is 9.65. The molecule has 0 aromatic heterocycles. The Labute approximate surface area is 202 Å². The van der Waals surface area contributed by atoms with Crippen LogP contribution in [-0.4, -0.2) is 85.8 Å². The van der Waals surface area contributed by atoms with E-state index in [9.17, 15) is 17.6 Å². The summed E-state index contributed by atoms with van der Waals surface area (Å²) in [4.78, 5) is 16.2. The van der Waals surface area contributed by atoms with Crippen LogP contribution in [0.1, 0.15) is 39.2 Å². The van der Waals surface area contributed by atoms with Gasteiger partial charge in [-0.2, -0.15) is 4.31 Å². The highest BCUT2D eigenvalue weighted by molar-refractivity contribution is 7.88. The molecule has 0 spiro atoms. The Hall–Kier alpha value is -1.91. The van der Waals surface area contributed by atoms with E-state index in [-0.39, 0.29) is 23.8 Å². The van der Waals surface area contributed by atoms with Crippen molar-refractivity contribution >= 4 is 16.1 Å². The lowest BCUT2D eigenvalue weighted by Gasteiger charge is -2.33. The lowest BCUT2D eigenvalue weighted by atomic mass is 10.0. The molecule has 4 rings (SSSR count). The Kier molecular flexibility index (Phi) is 7.13. The largest absolute Gasteiger partial charge is 0.487 e. The van der Waals surface area contributed by atoms with Gasteiger partial charge in [0.05, 0.1) is 12.4 Å². The van der Waals surface area contributed by atoms with Gasteiger partial charge in [-0.05, 0) is 63.1 Å². The maximum absolute atomic E-state index is 14.8. The number of hydrogen-bond acceptors (Lipinski definition) is 6. The first-order valence-corrected chi connectivity index (χ1v) is 13.8. The Morgan fingerprint density at radius 1 is 1.09 bits per heavy atom. The van der Waals surface area contributed by atoms with Crippen LogP contribution in [0.3, 0.4) is 0 Å². The highest BCUT2D eigenvalue weighted by Gasteiger charge is 2.44. The van der Waals surface area contributed by atoms with Crippen molar-refractivity contribution < 1.29 is 27.1 Å². The zero-order valence-corrected chi connectivity index (χ0v) is 21.3. The van der Waals surface area contributed by atoms with E-state index in [2.05, 4.69) is 4.90 Å². The van der Waals surface area contributed by atoms with Crippen molar-refractivity contribution in [3.8, 4) is 5.75 Å². The van der Waals surface area contributed by atoms with Gasteiger partial charge < -0.3 is 14.4 Å². The highest BCUT2D eigenvalue weighted by Crippen LogP contribution is 2.40. The van der Waals surface area contributed by atoms with Crippen molar-refractivity contribution in [2.45, 2.75) is 51.9 Å². The third-order valence-corrected chi connectivity index (χ3v) is 8.16. The molecular formula is C24H36FN3O5S. The lowest BCUT2D eigenvalue weighted by Crippen LogP contribution is -2.47. The maximum atomic E-state index is 14.8. The molecule has 8 nitrogen and oxygen atoms in total. The van der Waals surface area contributed by atoms with E-state index in [0.29, 0.717) is 57.6 Å². The molecule has 0 N–H and O–H groups in total. The first-order valence-electron chi connectivity index (χ1n) is 12.0. The van der Waals surface area contributed by atoms with E-state index in [1.807, 2.05) is 26.8 Å². The fourth-order valence-corrected chi connectivity index (χ4v) is 6.04. The van der Waals surface area contributed by atoms with Gasteiger partial charge in [0.25, 0.3) is 0 Å². The van der Waals surface area contributed by atoms with Crippen molar-refractivity contribution in [1.29, 1.82) is 0 Å². The van der Waals surface area contributed by atoms with Crippen molar-refractivity contribution in [2.75, 3.05) is 45.5 Å². The second kappa shape index (κ2) is 9.62. The number of carbonyl (C=O) groups is 1. The van der Waals surface area contributed by atoms with Crippen molar-refractivity contribution in [2.24, 2.45) is 11.8 Å². The molecule has 190 valence electrons. The summed E-state index contributed by atoms with van der Waals surface area (Å²) in [5, 5.41) is 0. The minimum atomic E-state index is -3.16. The molecule has 1 aliphatic carbocycles. The molecule has 1 aromatic rings. The zero-order chi connectivity index (χ0) is 24.7. The van der Waals surface area contributed by atoms with Crippen molar-refractivity contribution in [3.05, 3.63) is 29.6 Å². The van der Waals surface area contributed by atoms with Crippen LogP contribution in [0.4, 0.5) is 9.18 Å². The Balaban J connectivity index is 1.26.